The zero-order valence-corrected chi connectivity index (χ0v) is 22.8. The van der Waals surface area contributed by atoms with Crippen LogP contribution in [0.5, 0.6) is 0 Å². The van der Waals surface area contributed by atoms with Crippen LogP contribution in [-0.2, 0) is 4.79 Å². The van der Waals surface area contributed by atoms with E-state index >= 15 is 0 Å². The molecular weight excluding hydrogens is 420 g/mol. The average molecular weight is 471 g/mol. The molecule has 0 aromatic carbocycles. The fraction of sp³-hybridized carbons (Fsp3) is 0.621. The Morgan fingerprint density at radius 3 is 2.15 bits per heavy atom. The van der Waals surface area contributed by atoms with Gasteiger partial charge in [0.25, 0.3) is 0 Å². The van der Waals surface area contributed by atoms with Gasteiger partial charge in [-0.3, -0.25) is 4.79 Å². The fourth-order valence-corrected chi connectivity index (χ4v) is 3.94. The standard InChI is InChI=1S/C29H50N4O/c1-24(2)11-7-12-25(3)13-8-14-26(4)15-9-16-27(5)21-29(34)31-19-17-28-22-33(20-10-18-30)23-32(28)6/h11,13,15,21-22H,7-10,12,14,16-20,23,30H2,1-6H3,(H,31,34). The van der Waals surface area contributed by atoms with Gasteiger partial charge in [-0.05, 0) is 86.1 Å². The number of nitrogens with zero attached hydrogens (tertiary/aromatic N) is 2. The molecule has 5 heteroatoms. The number of rotatable bonds is 16. The Labute approximate surface area is 209 Å². The van der Waals surface area contributed by atoms with Crippen molar-refractivity contribution >= 4 is 5.91 Å². The largest absolute Gasteiger partial charge is 0.359 e. The summed E-state index contributed by atoms with van der Waals surface area (Å²) in [5.41, 5.74) is 12.3. The molecule has 0 atom stereocenters. The lowest BCUT2D eigenvalue weighted by molar-refractivity contribution is -0.116. The first-order valence-electron chi connectivity index (χ1n) is 13.0. The van der Waals surface area contributed by atoms with Crippen LogP contribution < -0.4 is 11.1 Å². The van der Waals surface area contributed by atoms with Gasteiger partial charge >= 0.3 is 0 Å². The maximum Gasteiger partial charge on any atom is 0.243 e. The van der Waals surface area contributed by atoms with Crippen LogP contribution in [0, 0.1) is 0 Å². The van der Waals surface area contributed by atoms with E-state index in [2.05, 4.69) is 74.3 Å². The number of carbonyl (C=O) groups is 1. The lowest BCUT2D eigenvalue weighted by Crippen LogP contribution is -2.27. The molecule has 0 unspecified atom stereocenters. The molecule has 0 fully saturated rings. The SMILES string of the molecule is CC(C)=CCCC(C)=CCCC(C)=CCCC(C)=CC(=O)NCCC1=CN(CCCN)CN1C. The van der Waals surface area contributed by atoms with E-state index < -0.39 is 0 Å². The zero-order chi connectivity index (χ0) is 25.3. The summed E-state index contributed by atoms with van der Waals surface area (Å²) in [6.07, 6.45) is 19.2. The van der Waals surface area contributed by atoms with Crippen molar-refractivity contribution in [3.63, 3.8) is 0 Å². The van der Waals surface area contributed by atoms with E-state index in [1.165, 1.54) is 22.4 Å². The predicted molar refractivity (Wildman–Crippen MR) is 147 cm³/mol. The summed E-state index contributed by atoms with van der Waals surface area (Å²) in [4.78, 5) is 16.8. The molecule has 5 nitrogen and oxygen atoms in total. The van der Waals surface area contributed by atoms with Crippen LogP contribution in [0.15, 0.2) is 58.5 Å². The van der Waals surface area contributed by atoms with Crippen LogP contribution in [0.25, 0.3) is 0 Å². The molecule has 0 aromatic heterocycles. The smallest absolute Gasteiger partial charge is 0.243 e. The van der Waals surface area contributed by atoms with Crippen molar-refractivity contribution in [2.75, 3.05) is 33.4 Å². The van der Waals surface area contributed by atoms with Gasteiger partial charge in [-0.2, -0.15) is 0 Å². The van der Waals surface area contributed by atoms with Crippen molar-refractivity contribution in [2.45, 2.75) is 86.0 Å². The van der Waals surface area contributed by atoms with Crippen molar-refractivity contribution in [3.8, 4) is 0 Å². The Morgan fingerprint density at radius 1 is 0.971 bits per heavy atom. The van der Waals surface area contributed by atoms with E-state index in [9.17, 15) is 4.79 Å². The molecule has 3 N–H and O–H groups in total. The summed E-state index contributed by atoms with van der Waals surface area (Å²) in [6, 6.07) is 0. The molecule has 1 heterocycles. The number of hydrogen-bond donors (Lipinski definition) is 2. The molecule has 34 heavy (non-hydrogen) atoms. The average Bonchev–Trinajstić information content (AvgIpc) is 3.11. The summed E-state index contributed by atoms with van der Waals surface area (Å²) in [6.45, 7) is 14.1. The molecule has 0 aliphatic carbocycles. The molecule has 0 radical (unpaired) electrons. The lowest BCUT2D eigenvalue weighted by Gasteiger charge is -2.19. The van der Waals surface area contributed by atoms with Crippen LogP contribution >= 0.6 is 0 Å². The van der Waals surface area contributed by atoms with Crippen LogP contribution in [0.4, 0.5) is 0 Å². The predicted octanol–water partition coefficient (Wildman–Crippen LogP) is 6.03. The molecule has 1 aliphatic rings. The molecule has 0 bridgehead atoms. The molecule has 0 saturated heterocycles. The van der Waals surface area contributed by atoms with Gasteiger partial charge < -0.3 is 20.9 Å². The quantitative estimate of drug-likeness (QED) is 0.213. The van der Waals surface area contributed by atoms with Crippen molar-refractivity contribution in [3.05, 3.63) is 58.5 Å². The lowest BCUT2D eigenvalue weighted by atomic mass is 10.0. The van der Waals surface area contributed by atoms with Crippen LogP contribution in [0.1, 0.15) is 86.0 Å². The Kier molecular flexibility index (Phi) is 15.1. The molecular formula is C29H50N4O. The van der Waals surface area contributed by atoms with Gasteiger partial charge in [0.05, 0.1) is 6.67 Å². The third-order valence-electron chi connectivity index (χ3n) is 6.08. The number of hydrogen-bond acceptors (Lipinski definition) is 4. The second-order valence-corrected chi connectivity index (χ2v) is 9.94. The minimum atomic E-state index is 0.00756. The highest BCUT2D eigenvalue weighted by Gasteiger charge is 2.16. The molecule has 0 saturated carbocycles. The van der Waals surface area contributed by atoms with Gasteiger partial charge in [0.15, 0.2) is 0 Å². The van der Waals surface area contributed by atoms with Gasteiger partial charge in [-0.15, -0.1) is 0 Å². The molecule has 1 amide bonds. The molecule has 192 valence electrons. The van der Waals surface area contributed by atoms with E-state index in [0.29, 0.717) is 13.1 Å². The summed E-state index contributed by atoms with van der Waals surface area (Å²) in [5.74, 6) is 0.00756. The normalized spacial score (nSPS) is 15.0. The Balaban J connectivity index is 2.27. The minimum absolute atomic E-state index is 0.00756. The monoisotopic (exact) mass is 470 g/mol. The summed E-state index contributed by atoms with van der Waals surface area (Å²) in [7, 11) is 2.10. The highest BCUT2D eigenvalue weighted by Crippen LogP contribution is 2.17. The number of nitrogens with one attached hydrogen (secondary N) is 1. The number of nitrogens with two attached hydrogens (primary N) is 1. The molecule has 1 aliphatic heterocycles. The van der Waals surface area contributed by atoms with Crippen molar-refractivity contribution in [1.29, 1.82) is 0 Å². The van der Waals surface area contributed by atoms with E-state index in [1.807, 2.05) is 6.92 Å². The topological polar surface area (TPSA) is 61.6 Å². The summed E-state index contributed by atoms with van der Waals surface area (Å²) < 4.78 is 0. The number of allylic oxidation sites excluding steroid dienone is 7. The van der Waals surface area contributed by atoms with Crippen molar-refractivity contribution in [2.24, 2.45) is 5.73 Å². The van der Waals surface area contributed by atoms with E-state index in [1.54, 1.807) is 6.08 Å². The Bertz CT molecular complexity index is 769. The zero-order valence-electron chi connectivity index (χ0n) is 22.8. The van der Waals surface area contributed by atoms with Gasteiger partial charge in [0, 0.05) is 44.5 Å². The third kappa shape index (κ3) is 14.1. The Hall–Kier alpha value is -2.27. The second kappa shape index (κ2) is 17.2. The van der Waals surface area contributed by atoms with Crippen LogP contribution in [0.2, 0.25) is 0 Å². The second-order valence-electron chi connectivity index (χ2n) is 9.94. The maximum absolute atomic E-state index is 12.3. The first-order valence-corrected chi connectivity index (χ1v) is 13.0. The molecule has 0 aromatic rings. The highest BCUT2D eigenvalue weighted by molar-refractivity contribution is 5.88. The van der Waals surface area contributed by atoms with Gasteiger partial charge in [0.2, 0.25) is 5.91 Å². The van der Waals surface area contributed by atoms with Crippen LogP contribution in [-0.4, -0.2) is 49.1 Å². The van der Waals surface area contributed by atoms with Gasteiger partial charge in [-0.25, -0.2) is 0 Å². The van der Waals surface area contributed by atoms with E-state index in [-0.39, 0.29) is 5.91 Å². The number of amides is 1. The van der Waals surface area contributed by atoms with E-state index in [4.69, 9.17) is 5.73 Å². The van der Waals surface area contributed by atoms with Gasteiger partial charge in [0.1, 0.15) is 0 Å². The minimum Gasteiger partial charge on any atom is -0.359 e. The first-order chi connectivity index (χ1) is 16.2. The van der Waals surface area contributed by atoms with E-state index in [0.717, 1.165) is 70.2 Å². The molecule has 1 rings (SSSR count). The third-order valence-corrected chi connectivity index (χ3v) is 6.08. The fourth-order valence-electron chi connectivity index (χ4n) is 3.94. The van der Waals surface area contributed by atoms with Crippen molar-refractivity contribution < 1.29 is 4.79 Å². The Morgan fingerprint density at radius 2 is 1.56 bits per heavy atom. The van der Waals surface area contributed by atoms with Gasteiger partial charge in [-0.1, -0.05) is 40.5 Å². The summed E-state index contributed by atoms with van der Waals surface area (Å²) >= 11 is 0. The maximum atomic E-state index is 12.3. The summed E-state index contributed by atoms with van der Waals surface area (Å²) in [5, 5.41) is 3.03. The van der Waals surface area contributed by atoms with Crippen molar-refractivity contribution in [1.82, 2.24) is 15.1 Å². The number of carbonyl (C=O) groups excluding carboxylic acids is 1. The highest BCUT2D eigenvalue weighted by atomic mass is 16.1. The first kappa shape index (κ1) is 29.8. The van der Waals surface area contributed by atoms with Crippen LogP contribution in [0.3, 0.4) is 0 Å². The molecule has 0 spiro atoms.